The number of hydrogen-bond donors (Lipinski definition) is 0. The number of hydrogen-bond acceptors (Lipinski definition) is 2. The lowest BCUT2D eigenvalue weighted by molar-refractivity contribution is -0.136. The maximum absolute atomic E-state index is 12.5. The molecule has 2 aliphatic rings. The lowest BCUT2D eigenvalue weighted by Crippen LogP contribution is -2.43. The van der Waals surface area contributed by atoms with Crippen LogP contribution in [0.4, 0.5) is 0 Å². The summed E-state index contributed by atoms with van der Waals surface area (Å²) in [7, 11) is 0. The van der Waals surface area contributed by atoms with Crippen molar-refractivity contribution in [3.8, 4) is 0 Å². The largest absolute Gasteiger partial charge is 0.343 e. The van der Waals surface area contributed by atoms with E-state index in [4.69, 9.17) is 0 Å². The number of carbonyl (C=O) groups is 1. The molecule has 1 aliphatic heterocycles. The Morgan fingerprint density at radius 2 is 1.82 bits per heavy atom. The van der Waals surface area contributed by atoms with Crippen LogP contribution in [0.1, 0.15) is 50.3 Å². The Labute approximate surface area is 134 Å². The van der Waals surface area contributed by atoms with E-state index < -0.39 is 0 Å². The third-order valence-electron chi connectivity index (χ3n) is 5.50. The molecule has 0 radical (unpaired) electrons. The fourth-order valence-electron chi connectivity index (χ4n) is 4.17. The van der Waals surface area contributed by atoms with Crippen molar-refractivity contribution in [3.63, 3.8) is 0 Å². The second kappa shape index (κ2) is 6.82. The molecule has 0 bridgehead atoms. The quantitative estimate of drug-likeness (QED) is 0.852. The van der Waals surface area contributed by atoms with Gasteiger partial charge >= 0.3 is 0 Å². The van der Waals surface area contributed by atoms with E-state index in [2.05, 4.69) is 43.0 Å². The van der Waals surface area contributed by atoms with Gasteiger partial charge in [-0.1, -0.05) is 24.3 Å². The molecule has 1 atom stereocenters. The van der Waals surface area contributed by atoms with E-state index in [0.29, 0.717) is 11.9 Å². The van der Waals surface area contributed by atoms with Gasteiger partial charge in [-0.05, 0) is 63.7 Å². The van der Waals surface area contributed by atoms with Crippen LogP contribution in [0.15, 0.2) is 24.3 Å². The second-order valence-electron chi connectivity index (χ2n) is 6.57. The minimum atomic E-state index is 0.243. The summed E-state index contributed by atoms with van der Waals surface area (Å²) in [4.78, 5) is 17.1. The van der Waals surface area contributed by atoms with E-state index in [1.54, 1.807) is 0 Å². The highest BCUT2D eigenvalue weighted by atomic mass is 16.2. The molecule has 1 fully saturated rings. The van der Waals surface area contributed by atoms with E-state index >= 15 is 0 Å². The van der Waals surface area contributed by atoms with Crippen molar-refractivity contribution in [3.05, 3.63) is 35.4 Å². The van der Waals surface area contributed by atoms with Crippen LogP contribution in [0.3, 0.4) is 0 Å². The Morgan fingerprint density at radius 3 is 2.50 bits per heavy atom. The zero-order valence-corrected chi connectivity index (χ0v) is 13.9. The van der Waals surface area contributed by atoms with Crippen LogP contribution in [0.2, 0.25) is 0 Å². The predicted molar refractivity (Wildman–Crippen MR) is 89.7 cm³/mol. The van der Waals surface area contributed by atoms with Crippen LogP contribution in [-0.2, 0) is 11.2 Å². The Balaban J connectivity index is 1.60. The number of amides is 1. The molecular weight excluding hydrogens is 272 g/mol. The third-order valence-corrected chi connectivity index (χ3v) is 5.50. The van der Waals surface area contributed by atoms with E-state index in [0.717, 1.165) is 39.0 Å². The number of benzene rings is 1. The summed E-state index contributed by atoms with van der Waals surface area (Å²) in [6.45, 7) is 7.96. The molecule has 1 amide bonds. The van der Waals surface area contributed by atoms with E-state index in [1.165, 1.54) is 24.0 Å². The normalized spacial score (nSPS) is 22.5. The minimum Gasteiger partial charge on any atom is -0.343 e. The molecule has 3 nitrogen and oxygen atoms in total. The molecule has 120 valence electrons. The summed E-state index contributed by atoms with van der Waals surface area (Å²) in [6, 6.07) is 9.46. The monoisotopic (exact) mass is 300 g/mol. The fraction of sp³-hybridized carbons (Fsp3) is 0.632. The minimum absolute atomic E-state index is 0.243. The predicted octanol–water partition coefficient (Wildman–Crippen LogP) is 3.25. The number of fused-ring (bicyclic) bond motifs is 1. The van der Waals surface area contributed by atoms with Gasteiger partial charge in [0, 0.05) is 25.0 Å². The Bertz CT molecular complexity index is 516. The van der Waals surface area contributed by atoms with Crippen molar-refractivity contribution in [1.82, 2.24) is 9.80 Å². The molecule has 0 aromatic heterocycles. The summed E-state index contributed by atoms with van der Waals surface area (Å²) in [6.07, 6.45) is 4.50. The molecule has 1 saturated heterocycles. The smallest absolute Gasteiger partial charge is 0.225 e. The SMILES string of the molecule is CCN(CC)C(=O)C1CCN(C2CCc3ccccc32)CC1. The highest BCUT2D eigenvalue weighted by Crippen LogP contribution is 2.37. The molecule has 3 rings (SSSR count). The zero-order chi connectivity index (χ0) is 15.5. The highest BCUT2D eigenvalue weighted by molar-refractivity contribution is 5.78. The van der Waals surface area contributed by atoms with Crippen molar-refractivity contribution in [2.24, 2.45) is 5.92 Å². The first-order valence-corrected chi connectivity index (χ1v) is 8.85. The highest BCUT2D eigenvalue weighted by Gasteiger charge is 2.33. The van der Waals surface area contributed by atoms with Crippen LogP contribution in [-0.4, -0.2) is 41.9 Å². The van der Waals surface area contributed by atoms with Gasteiger partial charge < -0.3 is 4.90 Å². The van der Waals surface area contributed by atoms with Crippen molar-refractivity contribution in [1.29, 1.82) is 0 Å². The fourth-order valence-corrected chi connectivity index (χ4v) is 4.17. The molecule has 1 heterocycles. The molecule has 1 aliphatic carbocycles. The number of nitrogens with zero attached hydrogens (tertiary/aromatic N) is 2. The molecule has 0 spiro atoms. The first-order valence-electron chi connectivity index (χ1n) is 8.85. The first-order chi connectivity index (χ1) is 10.7. The van der Waals surface area contributed by atoms with Gasteiger partial charge in [-0.15, -0.1) is 0 Å². The van der Waals surface area contributed by atoms with Gasteiger partial charge in [0.25, 0.3) is 0 Å². The Hall–Kier alpha value is -1.35. The first kappa shape index (κ1) is 15.5. The van der Waals surface area contributed by atoms with E-state index in [1.807, 2.05) is 4.90 Å². The lowest BCUT2D eigenvalue weighted by Gasteiger charge is -2.37. The van der Waals surface area contributed by atoms with Gasteiger partial charge in [0.1, 0.15) is 0 Å². The molecule has 0 saturated carbocycles. The summed E-state index contributed by atoms with van der Waals surface area (Å²) in [5, 5.41) is 0. The van der Waals surface area contributed by atoms with Gasteiger partial charge in [0.2, 0.25) is 5.91 Å². The third kappa shape index (κ3) is 2.91. The van der Waals surface area contributed by atoms with Crippen LogP contribution < -0.4 is 0 Å². The molecule has 22 heavy (non-hydrogen) atoms. The number of carbonyl (C=O) groups excluding carboxylic acids is 1. The molecule has 1 aromatic rings. The molecule has 0 N–H and O–H groups in total. The summed E-state index contributed by atoms with van der Waals surface area (Å²) < 4.78 is 0. The van der Waals surface area contributed by atoms with Crippen molar-refractivity contribution in [2.45, 2.75) is 45.6 Å². The standard InChI is InChI=1S/C19H28N2O/c1-3-20(4-2)19(22)16-11-13-21(14-12-16)18-10-9-15-7-5-6-8-17(15)18/h5-8,16,18H,3-4,9-14H2,1-2H3. The number of rotatable bonds is 4. The lowest BCUT2D eigenvalue weighted by atomic mass is 9.93. The maximum Gasteiger partial charge on any atom is 0.225 e. The summed E-state index contributed by atoms with van der Waals surface area (Å²) in [5.74, 6) is 0.615. The topological polar surface area (TPSA) is 23.6 Å². The second-order valence-corrected chi connectivity index (χ2v) is 6.57. The van der Waals surface area contributed by atoms with Gasteiger partial charge in [0.05, 0.1) is 0 Å². The average Bonchev–Trinajstić information content (AvgIpc) is 3.00. The number of aryl methyl sites for hydroxylation is 1. The Kier molecular flexibility index (Phi) is 4.82. The van der Waals surface area contributed by atoms with Crippen molar-refractivity contribution >= 4 is 5.91 Å². The molecule has 1 aromatic carbocycles. The molecule has 3 heteroatoms. The van der Waals surface area contributed by atoms with Gasteiger partial charge in [-0.2, -0.15) is 0 Å². The summed E-state index contributed by atoms with van der Waals surface area (Å²) in [5.41, 5.74) is 3.05. The Morgan fingerprint density at radius 1 is 1.14 bits per heavy atom. The molecular formula is C19H28N2O. The van der Waals surface area contributed by atoms with Crippen molar-refractivity contribution < 1.29 is 4.79 Å². The zero-order valence-electron chi connectivity index (χ0n) is 13.9. The van der Waals surface area contributed by atoms with Crippen molar-refractivity contribution in [2.75, 3.05) is 26.2 Å². The molecule has 1 unspecified atom stereocenters. The van der Waals surface area contributed by atoms with Gasteiger partial charge in [-0.3, -0.25) is 9.69 Å². The van der Waals surface area contributed by atoms with Gasteiger partial charge in [0.15, 0.2) is 0 Å². The van der Waals surface area contributed by atoms with Crippen LogP contribution in [0.5, 0.6) is 0 Å². The van der Waals surface area contributed by atoms with Crippen LogP contribution >= 0.6 is 0 Å². The van der Waals surface area contributed by atoms with Crippen LogP contribution in [0.25, 0.3) is 0 Å². The number of piperidine rings is 1. The van der Waals surface area contributed by atoms with E-state index in [9.17, 15) is 4.79 Å². The van der Waals surface area contributed by atoms with Crippen LogP contribution in [0, 0.1) is 5.92 Å². The summed E-state index contributed by atoms with van der Waals surface area (Å²) >= 11 is 0. The van der Waals surface area contributed by atoms with E-state index in [-0.39, 0.29) is 5.92 Å². The maximum atomic E-state index is 12.5. The van der Waals surface area contributed by atoms with Gasteiger partial charge in [-0.25, -0.2) is 0 Å². The number of likely N-dealkylation sites (tertiary alicyclic amines) is 1. The average molecular weight is 300 g/mol.